The van der Waals surface area contributed by atoms with Crippen molar-refractivity contribution < 1.29 is 9.66 Å². The van der Waals surface area contributed by atoms with Crippen molar-refractivity contribution in [3.8, 4) is 5.75 Å². The van der Waals surface area contributed by atoms with E-state index in [1.54, 1.807) is 6.07 Å². The zero-order valence-corrected chi connectivity index (χ0v) is 11.0. The number of nitro benzene ring substituents is 1. The standard InChI is InChI=1S/C12H14BrNO3/c13-11-7-6-9(14(15)16)8-12(11)17-10-4-2-1-3-5-10/h6-8,10H,1-5H2. The van der Waals surface area contributed by atoms with Crippen LogP contribution in [0.25, 0.3) is 0 Å². The molecule has 0 aromatic heterocycles. The maximum atomic E-state index is 10.7. The molecule has 0 heterocycles. The second kappa shape index (κ2) is 5.49. The molecule has 4 nitrogen and oxygen atoms in total. The molecule has 17 heavy (non-hydrogen) atoms. The highest BCUT2D eigenvalue weighted by molar-refractivity contribution is 9.10. The van der Waals surface area contributed by atoms with Gasteiger partial charge in [-0.25, -0.2) is 0 Å². The van der Waals surface area contributed by atoms with E-state index in [4.69, 9.17) is 4.74 Å². The van der Waals surface area contributed by atoms with Crippen molar-refractivity contribution in [2.45, 2.75) is 38.2 Å². The molecule has 0 unspecified atom stereocenters. The van der Waals surface area contributed by atoms with Crippen molar-refractivity contribution in [2.75, 3.05) is 0 Å². The summed E-state index contributed by atoms with van der Waals surface area (Å²) in [6.45, 7) is 0. The first kappa shape index (κ1) is 12.4. The van der Waals surface area contributed by atoms with Gasteiger partial charge in [-0.1, -0.05) is 6.42 Å². The van der Waals surface area contributed by atoms with E-state index >= 15 is 0 Å². The fourth-order valence-electron chi connectivity index (χ4n) is 2.06. The molecular formula is C12H14BrNO3. The lowest BCUT2D eigenvalue weighted by atomic mass is 9.98. The molecule has 5 heteroatoms. The fraction of sp³-hybridized carbons (Fsp3) is 0.500. The Hall–Kier alpha value is -1.10. The molecule has 1 aromatic carbocycles. The summed E-state index contributed by atoms with van der Waals surface area (Å²) in [6.07, 6.45) is 5.89. The van der Waals surface area contributed by atoms with Crippen molar-refractivity contribution in [3.63, 3.8) is 0 Å². The average molecular weight is 300 g/mol. The van der Waals surface area contributed by atoms with Gasteiger partial charge in [-0.15, -0.1) is 0 Å². The molecule has 0 aliphatic heterocycles. The van der Waals surface area contributed by atoms with Gasteiger partial charge in [-0.2, -0.15) is 0 Å². The molecule has 1 aromatic rings. The van der Waals surface area contributed by atoms with Crippen LogP contribution >= 0.6 is 15.9 Å². The van der Waals surface area contributed by atoms with Crippen molar-refractivity contribution in [1.29, 1.82) is 0 Å². The lowest BCUT2D eigenvalue weighted by Crippen LogP contribution is -2.19. The van der Waals surface area contributed by atoms with Crippen LogP contribution in [0.5, 0.6) is 5.75 Å². The Morgan fingerprint density at radius 3 is 2.65 bits per heavy atom. The van der Waals surface area contributed by atoms with E-state index in [2.05, 4.69) is 15.9 Å². The minimum atomic E-state index is -0.403. The van der Waals surface area contributed by atoms with Gasteiger partial charge >= 0.3 is 0 Å². The summed E-state index contributed by atoms with van der Waals surface area (Å²) in [6, 6.07) is 4.62. The Kier molecular flexibility index (Phi) is 3.99. The van der Waals surface area contributed by atoms with Crippen LogP contribution in [-0.4, -0.2) is 11.0 Å². The van der Waals surface area contributed by atoms with E-state index in [-0.39, 0.29) is 11.8 Å². The topological polar surface area (TPSA) is 52.4 Å². The molecule has 0 atom stereocenters. The van der Waals surface area contributed by atoms with E-state index in [0.717, 1.165) is 17.3 Å². The van der Waals surface area contributed by atoms with E-state index in [9.17, 15) is 10.1 Å². The Balaban J connectivity index is 2.13. The van der Waals surface area contributed by atoms with Gasteiger partial charge in [-0.05, 0) is 47.7 Å². The summed E-state index contributed by atoms with van der Waals surface area (Å²) < 4.78 is 6.60. The van der Waals surface area contributed by atoms with Gasteiger partial charge in [-0.3, -0.25) is 10.1 Å². The van der Waals surface area contributed by atoms with Gasteiger partial charge in [0.1, 0.15) is 5.75 Å². The molecular weight excluding hydrogens is 286 g/mol. The first-order valence-electron chi connectivity index (χ1n) is 5.77. The summed E-state index contributed by atoms with van der Waals surface area (Å²) in [5.41, 5.74) is 0.0685. The van der Waals surface area contributed by atoms with Crippen molar-refractivity contribution in [3.05, 3.63) is 32.8 Å². The summed E-state index contributed by atoms with van der Waals surface area (Å²) in [7, 11) is 0. The first-order valence-corrected chi connectivity index (χ1v) is 6.57. The third-order valence-electron chi connectivity index (χ3n) is 2.97. The van der Waals surface area contributed by atoms with Gasteiger partial charge in [0.15, 0.2) is 0 Å². The van der Waals surface area contributed by atoms with Crippen LogP contribution in [0.15, 0.2) is 22.7 Å². The predicted octanol–water partition coefficient (Wildman–Crippen LogP) is 4.07. The highest BCUT2D eigenvalue weighted by atomic mass is 79.9. The molecule has 1 fully saturated rings. The number of halogens is 1. The Morgan fingerprint density at radius 1 is 1.29 bits per heavy atom. The second-order valence-electron chi connectivity index (χ2n) is 4.25. The highest BCUT2D eigenvalue weighted by Crippen LogP contribution is 2.32. The lowest BCUT2D eigenvalue weighted by Gasteiger charge is -2.23. The predicted molar refractivity (Wildman–Crippen MR) is 68.3 cm³/mol. The van der Waals surface area contributed by atoms with Crippen LogP contribution in [-0.2, 0) is 0 Å². The van der Waals surface area contributed by atoms with E-state index in [1.165, 1.54) is 31.4 Å². The van der Waals surface area contributed by atoms with Crippen LogP contribution in [0.2, 0.25) is 0 Å². The third-order valence-corrected chi connectivity index (χ3v) is 3.63. The zero-order chi connectivity index (χ0) is 12.3. The minimum Gasteiger partial charge on any atom is -0.489 e. The molecule has 2 rings (SSSR count). The third kappa shape index (κ3) is 3.19. The van der Waals surface area contributed by atoms with Crippen LogP contribution in [0, 0.1) is 10.1 Å². The summed E-state index contributed by atoms with van der Waals surface area (Å²) in [4.78, 5) is 10.3. The molecule has 0 radical (unpaired) electrons. The van der Waals surface area contributed by atoms with Gasteiger partial charge in [0.2, 0.25) is 0 Å². The molecule has 0 spiro atoms. The van der Waals surface area contributed by atoms with Crippen molar-refractivity contribution in [1.82, 2.24) is 0 Å². The molecule has 1 aliphatic rings. The second-order valence-corrected chi connectivity index (χ2v) is 5.10. The smallest absolute Gasteiger partial charge is 0.273 e. The first-order chi connectivity index (χ1) is 8.16. The van der Waals surface area contributed by atoms with Crippen molar-refractivity contribution >= 4 is 21.6 Å². The number of hydrogen-bond acceptors (Lipinski definition) is 3. The zero-order valence-electron chi connectivity index (χ0n) is 9.39. The molecule has 0 amide bonds. The maximum Gasteiger partial charge on any atom is 0.273 e. The summed E-state index contributed by atoms with van der Waals surface area (Å²) >= 11 is 3.36. The van der Waals surface area contributed by atoms with Gasteiger partial charge in [0.25, 0.3) is 5.69 Å². The molecule has 0 N–H and O–H groups in total. The largest absolute Gasteiger partial charge is 0.489 e. The van der Waals surface area contributed by atoms with Crippen LogP contribution in [0.3, 0.4) is 0 Å². The normalized spacial score (nSPS) is 16.8. The summed E-state index contributed by atoms with van der Waals surface area (Å²) in [5, 5.41) is 10.7. The Labute approximate surface area is 108 Å². The highest BCUT2D eigenvalue weighted by Gasteiger charge is 2.18. The molecule has 0 bridgehead atoms. The Morgan fingerprint density at radius 2 is 2.00 bits per heavy atom. The Bertz CT molecular complexity index is 416. The van der Waals surface area contributed by atoms with Gasteiger partial charge in [0, 0.05) is 6.07 Å². The van der Waals surface area contributed by atoms with E-state index in [1.807, 2.05) is 0 Å². The van der Waals surface area contributed by atoms with Crippen LogP contribution < -0.4 is 4.74 Å². The van der Waals surface area contributed by atoms with Crippen LogP contribution in [0.4, 0.5) is 5.69 Å². The SMILES string of the molecule is O=[N+]([O-])c1ccc(Br)c(OC2CCCCC2)c1. The van der Waals surface area contributed by atoms with Gasteiger partial charge < -0.3 is 4.74 Å². The minimum absolute atomic E-state index is 0.0685. The quantitative estimate of drug-likeness (QED) is 0.624. The molecule has 92 valence electrons. The number of ether oxygens (including phenoxy) is 1. The van der Waals surface area contributed by atoms with Crippen LogP contribution in [0.1, 0.15) is 32.1 Å². The van der Waals surface area contributed by atoms with Gasteiger partial charge in [0.05, 0.1) is 21.6 Å². The molecule has 1 aliphatic carbocycles. The molecule has 0 saturated heterocycles. The van der Waals surface area contributed by atoms with E-state index in [0.29, 0.717) is 5.75 Å². The summed E-state index contributed by atoms with van der Waals surface area (Å²) in [5.74, 6) is 0.575. The monoisotopic (exact) mass is 299 g/mol. The fourth-order valence-corrected chi connectivity index (χ4v) is 2.40. The average Bonchev–Trinajstić information content (AvgIpc) is 2.33. The maximum absolute atomic E-state index is 10.7. The number of benzene rings is 1. The lowest BCUT2D eigenvalue weighted by molar-refractivity contribution is -0.385. The number of rotatable bonds is 3. The molecule has 1 saturated carbocycles. The number of non-ortho nitro benzene ring substituents is 1. The van der Waals surface area contributed by atoms with Crippen molar-refractivity contribution in [2.24, 2.45) is 0 Å². The number of nitro groups is 1. The number of hydrogen-bond donors (Lipinski definition) is 0. The number of nitrogens with zero attached hydrogens (tertiary/aromatic N) is 1. The van der Waals surface area contributed by atoms with E-state index < -0.39 is 4.92 Å².